The van der Waals surface area contributed by atoms with Gasteiger partial charge in [-0.15, -0.1) is 0 Å². The van der Waals surface area contributed by atoms with Gasteiger partial charge in [0.05, 0.1) is 13.0 Å². The van der Waals surface area contributed by atoms with Crippen molar-refractivity contribution < 1.29 is 14.4 Å². The van der Waals surface area contributed by atoms with Crippen LogP contribution in [0.25, 0.3) is 0 Å². The minimum Gasteiger partial charge on any atom is -0.343 e. The number of ketones is 1. The highest BCUT2D eigenvalue weighted by atomic mass is 16.7. The first kappa shape index (κ1) is 23.3. The number of piperidine rings is 1. The van der Waals surface area contributed by atoms with Crippen LogP contribution in [0.15, 0.2) is 0 Å². The summed E-state index contributed by atoms with van der Waals surface area (Å²) >= 11 is 0. The number of carbonyl (C=O) groups excluding carboxylic acids is 2. The molecule has 1 spiro atoms. The van der Waals surface area contributed by atoms with Crippen LogP contribution in [0.1, 0.15) is 112 Å². The number of hydroxylamine groups is 2. The van der Waals surface area contributed by atoms with Crippen molar-refractivity contribution >= 4 is 11.7 Å². The van der Waals surface area contributed by atoms with Gasteiger partial charge in [-0.25, -0.2) is 0 Å². The number of rotatable bonds is 11. The van der Waals surface area contributed by atoms with Crippen LogP contribution in [0.4, 0.5) is 0 Å². The van der Waals surface area contributed by atoms with Crippen LogP contribution in [0, 0.1) is 0 Å². The van der Waals surface area contributed by atoms with Crippen LogP contribution >= 0.6 is 0 Å². The summed E-state index contributed by atoms with van der Waals surface area (Å²) in [7, 11) is 0. The van der Waals surface area contributed by atoms with Crippen molar-refractivity contribution in [2.75, 3.05) is 6.61 Å². The molecule has 0 aromatic carbocycles. The van der Waals surface area contributed by atoms with Crippen LogP contribution in [-0.4, -0.2) is 40.0 Å². The number of hydrogen-bond acceptors (Lipinski definition) is 4. The first-order valence-electron chi connectivity index (χ1n) is 11.4. The second kappa shape index (κ2) is 9.71. The topological polar surface area (TPSA) is 58.6 Å². The number of nitrogens with zero attached hydrogens (tertiary/aromatic N) is 1. The van der Waals surface area contributed by atoms with E-state index in [0.29, 0.717) is 12.8 Å². The zero-order chi connectivity index (χ0) is 20.8. The third-order valence-corrected chi connectivity index (χ3v) is 6.27. The lowest BCUT2D eigenvalue weighted by molar-refractivity contribution is -0.289. The fourth-order valence-corrected chi connectivity index (χ4v) is 5.40. The molecule has 2 aliphatic heterocycles. The van der Waals surface area contributed by atoms with E-state index in [1.165, 1.54) is 51.4 Å². The zero-order valence-electron chi connectivity index (χ0n) is 18.9. The molecule has 2 aliphatic rings. The second-order valence-corrected chi connectivity index (χ2v) is 10.2. The van der Waals surface area contributed by atoms with Crippen molar-refractivity contribution in [2.45, 2.75) is 128 Å². The molecule has 0 aliphatic carbocycles. The molecule has 2 rings (SSSR count). The quantitative estimate of drug-likeness (QED) is 0.399. The lowest BCUT2D eigenvalue weighted by Gasteiger charge is -2.56. The Bertz CT molecular complexity index is 524. The first-order chi connectivity index (χ1) is 13.1. The first-order valence-corrected chi connectivity index (χ1v) is 11.4. The molecule has 0 radical (unpaired) electrons. The molecule has 0 atom stereocenters. The molecular weight excluding hydrogens is 352 g/mol. The number of nitrogens with one attached hydrogen (secondary N) is 1. The molecule has 1 amide bonds. The molecule has 28 heavy (non-hydrogen) atoms. The molecular formula is C23H42N2O3. The summed E-state index contributed by atoms with van der Waals surface area (Å²) < 4.78 is 0. The Morgan fingerprint density at radius 3 is 1.82 bits per heavy atom. The van der Waals surface area contributed by atoms with E-state index >= 15 is 0 Å². The van der Waals surface area contributed by atoms with Crippen molar-refractivity contribution in [2.24, 2.45) is 0 Å². The number of unbranched alkanes of at least 4 members (excludes halogenated alkanes) is 8. The van der Waals surface area contributed by atoms with Crippen LogP contribution in [-0.2, 0) is 14.4 Å². The molecule has 0 aromatic heterocycles. The summed E-state index contributed by atoms with van der Waals surface area (Å²) in [6, 6.07) is 0. The van der Waals surface area contributed by atoms with Crippen LogP contribution in [0.3, 0.4) is 0 Å². The number of amides is 1. The minimum atomic E-state index is -0.721. The Morgan fingerprint density at radius 2 is 1.36 bits per heavy atom. The van der Waals surface area contributed by atoms with Crippen molar-refractivity contribution in [3.05, 3.63) is 0 Å². The summed E-state index contributed by atoms with van der Waals surface area (Å²) in [5.74, 6) is -0.0992. The monoisotopic (exact) mass is 394 g/mol. The minimum absolute atomic E-state index is 0.0193. The maximum Gasteiger partial charge on any atom is 0.228 e. The summed E-state index contributed by atoms with van der Waals surface area (Å²) in [5, 5.41) is 5.08. The molecule has 1 N–H and O–H groups in total. The number of hydrogen-bond donors (Lipinski definition) is 1. The van der Waals surface area contributed by atoms with Gasteiger partial charge in [0.15, 0.2) is 5.78 Å². The molecule has 0 aromatic rings. The van der Waals surface area contributed by atoms with Gasteiger partial charge in [-0.3, -0.25) is 14.4 Å². The van der Waals surface area contributed by atoms with E-state index < -0.39 is 5.54 Å². The predicted octanol–water partition coefficient (Wildman–Crippen LogP) is 4.93. The summed E-state index contributed by atoms with van der Waals surface area (Å²) in [6.45, 7) is 11.4. The lowest BCUT2D eigenvalue weighted by Crippen LogP contribution is -2.69. The highest BCUT2D eigenvalue weighted by molar-refractivity contribution is 6.10. The summed E-state index contributed by atoms with van der Waals surface area (Å²) in [6.07, 6.45) is 12.9. The van der Waals surface area contributed by atoms with Crippen LogP contribution in [0.2, 0.25) is 0 Å². The fraction of sp³-hybridized carbons (Fsp3) is 0.913. The van der Waals surface area contributed by atoms with Gasteiger partial charge in [-0.05, 0) is 47.0 Å². The van der Waals surface area contributed by atoms with E-state index in [1.807, 2.05) is 0 Å². The van der Waals surface area contributed by atoms with Crippen molar-refractivity contribution in [3.8, 4) is 0 Å². The predicted molar refractivity (Wildman–Crippen MR) is 113 cm³/mol. The molecule has 5 heteroatoms. The van der Waals surface area contributed by atoms with Gasteiger partial charge in [0.2, 0.25) is 5.91 Å². The van der Waals surface area contributed by atoms with Crippen molar-refractivity contribution in [1.29, 1.82) is 0 Å². The summed E-state index contributed by atoms with van der Waals surface area (Å²) in [4.78, 5) is 30.6. The van der Waals surface area contributed by atoms with Crippen molar-refractivity contribution in [1.82, 2.24) is 10.4 Å². The van der Waals surface area contributed by atoms with E-state index in [0.717, 1.165) is 13.0 Å². The van der Waals surface area contributed by atoms with Gasteiger partial charge in [0.1, 0.15) is 5.54 Å². The van der Waals surface area contributed by atoms with Gasteiger partial charge in [0, 0.05) is 11.1 Å². The highest BCUT2D eigenvalue weighted by Crippen LogP contribution is 2.45. The van der Waals surface area contributed by atoms with Crippen LogP contribution in [0.5, 0.6) is 0 Å². The molecule has 2 heterocycles. The third kappa shape index (κ3) is 5.79. The molecule has 0 saturated carbocycles. The van der Waals surface area contributed by atoms with Crippen LogP contribution < -0.4 is 5.32 Å². The van der Waals surface area contributed by atoms with E-state index in [4.69, 9.17) is 4.84 Å². The number of Topliss-reactive ketones (excluding diaryl/α,β-unsaturated/α-hetero) is 1. The van der Waals surface area contributed by atoms with Crippen molar-refractivity contribution in [3.63, 3.8) is 0 Å². The maximum absolute atomic E-state index is 12.5. The normalized spacial score (nSPS) is 23.3. The maximum atomic E-state index is 12.5. The van der Waals surface area contributed by atoms with Gasteiger partial charge in [0.25, 0.3) is 0 Å². The summed E-state index contributed by atoms with van der Waals surface area (Å²) in [5.41, 5.74) is -1.34. The Kier molecular flexibility index (Phi) is 8.09. The molecule has 5 nitrogen and oxygen atoms in total. The average molecular weight is 395 g/mol. The molecule has 2 saturated heterocycles. The molecule has 0 unspecified atom stereocenters. The third-order valence-electron chi connectivity index (χ3n) is 6.27. The van der Waals surface area contributed by atoms with Gasteiger partial charge in [-0.2, -0.15) is 5.06 Å². The smallest absolute Gasteiger partial charge is 0.228 e. The van der Waals surface area contributed by atoms with E-state index in [-0.39, 0.29) is 29.2 Å². The standard InChI is InChI=1S/C23H42N2O3/c1-6-7-8-9-10-11-12-13-14-15-28-25-21(2,3)17-23(18-22(25,4)5)19(26)16-20(27)24-23/h6-18H2,1-5H3,(H,24,27). The Morgan fingerprint density at radius 1 is 0.857 bits per heavy atom. The SMILES string of the molecule is CCCCCCCCCCCON1C(C)(C)CC2(CC1(C)C)NC(=O)CC2=O. The van der Waals surface area contributed by atoms with E-state index in [2.05, 4.69) is 45.0 Å². The number of carbonyl (C=O) groups is 2. The Balaban J connectivity index is 1.76. The van der Waals surface area contributed by atoms with E-state index in [9.17, 15) is 9.59 Å². The zero-order valence-corrected chi connectivity index (χ0v) is 18.9. The van der Waals surface area contributed by atoms with Gasteiger partial charge < -0.3 is 5.32 Å². The van der Waals surface area contributed by atoms with Gasteiger partial charge >= 0.3 is 0 Å². The lowest BCUT2D eigenvalue weighted by atomic mass is 9.69. The van der Waals surface area contributed by atoms with Gasteiger partial charge in [-0.1, -0.05) is 58.3 Å². The Labute approximate surface area is 171 Å². The second-order valence-electron chi connectivity index (χ2n) is 10.2. The Hall–Kier alpha value is -0.940. The largest absolute Gasteiger partial charge is 0.343 e. The average Bonchev–Trinajstić information content (AvgIpc) is 2.82. The van der Waals surface area contributed by atoms with E-state index in [1.54, 1.807) is 0 Å². The molecule has 2 fully saturated rings. The highest BCUT2D eigenvalue weighted by Gasteiger charge is 2.59. The molecule has 162 valence electrons. The fourth-order valence-electron chi connectivity index (χ4n) is 5.40. The molecule has 0 bridgehead atoms.